The molecule has 2 bridgehead atoms. The molecule has 0 spiro atoms. The molecule has 1 saturated carbocycles. The highest BCUT2D eigenvalue weighted by Crippen LogP contribution is 2.52. The maximum absolute atomic E-state index is 12.8. The summed E-state index contributed by atoms with van der Waals surface area (Å²) in [5, 5.41) is 6.51. The summed E-state index contributed by atoms with van der Waals surface area (Å²) in [6, 6.07) is 7.98. The quantitative estimate of drug-likeness (QED) is 0.171. The molecule has 8 heteroatoms. The highest BCUT2D eigenvalue weighted by Gasteiger charge is 2.58. The predicted octanol–water partition coefficient (Wildman–Crippen LogP) is 2.78. The number of carbonyl (C=O) groups excluding carboxylic acids is 2. The fourth-order valence-electron chi connectivity index (χ4n) is 5.21. The zero-order valence-electron chi connectivity index (χ0n) is 18.9. The van der Waals surface area contributed by atoms with E-state index in [1.165, 1.54) is 4.90 Å². The van der Waals surface area contributed by atoms with E-state index in [-0.39, 0.29) is 65.4 Å². The van der Waals surface area contributed by atoms with Crippen molar-refractivity contribution in [1.82, 2.24) is 15.5 Å². The summed E-state index contributed by atoms with van der Waals surface area (Å²) >= 11 is 0. The van der Waals surface area contributed by atoms with Crippen LogP contribution in [0, 0.1) is 23.7 Å². The van der Waals surface area contributed by atoms with Crippen LogP contribution in [-0.2, 0) is 9.59 Å². The van der Waals surface area contributed by atoms with Crippen molar-refractivity contribution in [2.75, 3.05) is 33.3 Å². The molecule has 2 N–H and O–H groups in total. The van der Waals surface area contributed by atoms with Crippen LogP contribution in [-0.4, -0.2) is 56.0 Å². The molecule has 1 aromatic rings. The van der Waals surface area contributed by atoms with Gasteiger partial charge in [-0.3, -0.25) is 19.5 Å². The fraction of sp³-hybridized carbons (Fsp3) is 0.542. The van der Waals surface area contributed by atoms with Gasteiger partial charge in [0.05, 0.1) is 18.9 Å². The number of guanidine groups is 1. The molecule has 2 fully saturated rings. The predicted molar refractivity (Wildman–Crippen MR) is 135 cm³/mol. The van der Waals surface area contributed by atoms with Gasteiger partial charge < -0.3 is 15.4 Å². The number of nitrogens with one attached hydrogen (secondary N) is 2. The Labute approximate surface area is 207 Å². The monoisotopic (exact) mass is 552 g/mol. The number of hydrogen-bond acceptors (Lipinski definition) is 4. The zero-order valence-corrected chi connectivity index (χ0v) is 21.2. The topological polar surface area (TPSA) is 83.0 Å². The van der Waals surface area contributed by atoms with Crippen molar-refractivity contribution in [2.45, 2.75) is 26.2 Å². The fourth-order valence-corrected chi connectivity index (χ4v) is 5.21. The van der Waals surface area contributed by atoms with Crippen molar-refractivity contribution in [2.24, 2.45) is 28.7 Å². The lowest BCUT2D eigenvalue weighted by molar-refractivity contribution is -0.140. The molecule has 3 aliphatic rings. The molecule has 1 aromatic carbocycles. The van der Waals surface area contributed by atoms with Crippen LogP contribution >= 0.6 is 24.0 Å². The number of carbonyl (C=O) groups is 2. The van der Waals surface area contributed by atoms with Gasteiger partial charge in [-0.1, -0.05) is 37.3 Å². The maximum atomic E-state index is 12.8. The van der Waals surface area contributed by atoms with E-state index in [1.807, 2.05) is 25.1 Å². The molecule has 4 rings (SSSR count). The molecular weight excluding hydrogens is 519 g/mol. The molecule has 0 aromatic heterocycles. The van der Waals surface area contributed by atoms with E-state index >= 15 is 0 Å². The molecule has 1 saturated heterocycles. The number of para-hydroxylation sites is 1. The highest BCUT2D eigenvalue weighted by atomic mass is 127. The van der Waals surface area contributed by atoms with E-state index in [0.29, 0.717) is 25.6 Å². The second-order valence-electron chi connectivity index (χ2n) is 8.62. The number of benzene rings is 1. The van der Waals surface area contributed by atoms with E-state index in [4.69, 9.17) is 9.73 Å². The summed E-state index contributed by atoms with van der Waals surface area (Å²) in [4.78, 5) is 31.8. The lowest BCUT2D eigenvalue weighted by atomic mass is 9.85. The first-order valence-electron chi connectivity index (χ1n) is 11.2. The van der Waals surface area contributed by atoms with Gasteiger partial charge in [0.25, 0.3) is 0 Å². The Hall–Kier alpha value is -2.10. The number of rotatable bonds is 8. The first kappa shape index (κ1) is 24.5. The molecule has 2 aliphatic carbocycles. The number of nitrogens with zero attached hydrogens (tertiary/aromatic N) is 2. The van der Waals surface area contributed by atoms with Crippen LogP contribution in [0.4, 0.5) is 0 Å². The van der Waals surface area contributed by atoms with E-state index in [1.54, 1.807) is 7.11 Å². The summed E-state index contributed by atoms with van der Waals surface area (Å²) in [5.74, 6) is 1.97. The minimum absolute atomic E-state index is 0. The Kier molecular flexibility index (Phi) is 8.19. The van der Waals surface area contributed by atoms with Gasteiger partial charge in [0.2, 0.25) is 11.8 Å². The van der Waals surface area contributed by atoms with Crippen molar-refractivity contribution in [3.8, 4) is 5.75 Å². The second-order valence-corrected chi connectivity index (χ2v) is 8.62. The lowest BCUT2D eigenvalue weighted by Crippen LogP contribution is -2.43. The number of ether oxygens (including phenoxy) is 1. The Morgan fingerprint density at radius 3 is 2.44 bits per heavy atom. The van der Waals surface area contributed by atoms with Crippen molar-refractivity contribution >= 4 is 41.8 Å². The van der Waals surface area contributed by atoms with Crippen molar-refractivity contribution < 1.29 is 14.3 Å². The van der Waals surface area contributed by atoms with Crippen molar-refractivity contribution in [3.05, 3.63) is 42.0 Å². The first-order valence-corrected chi connectivity index (χ1v) is 11.2. The van der Waals surface area contributed by atoms with Crippen LogP contribution in [0.15, 0.2) is 41.4 Å². The Morgan fingerprint density at radius 1 is 1.16 bits per heavy atom. The third kappa shape index (κ3) is 4.65. The van der Waals surface area contributed by atoms with Gasteiger partial charge in [-0.25, -0.2) is 0 Å². The maximum Gasteiger partial charge on any atom is 0.233 e. The first-order chi connectivity index (χ1) is 15.0. The molecule has 1 aliphatic heterocycles. The molecule has 174 valence electrons. The number of amides is 2. The lowest BCUT2D eigenvalue weighted by Gasteiger charge is -2.19. The van der Waals surface area contributed by atoms with E-state index in [2.05, 4.69) is 35.8 Å². The third-order valence-corrected chi connectivity index (χ3v) is 6.73. The minimum atomic E-state index is -0.133. The van der Waals surface area contributed by atoms with Crippen LogP contribution in [0.25, 0.3) is 0 Å². The molecule has 32 heavy (non-hydrogen) atoms. The van der Waals surface area contributed by atoms with Gasteiger partial charge in [0, 0.05) is 32.1 Å². The summed E-state index contributed by atoms with van der Waals surface area (Å²) in [6.07, 6.45) is 5.20. The number of methoxy groups -OCH3 is 1. The molecule has 5 unspecified atom stereocenters. The molecule has 2 amide bonds. The second kappa shape index (κ2) is 10.7. The van der Waals surface area contributed by atoms with Crippen LogP contribution < -0.4 is 15.4 Å². The standard InChI is InChI=1S/C24H32N4O3.HI/c1-4-25-24(27-14-15(2)18-7-5-6-8-19(18)31-3)26-11-12-28-22(29)20-16-9-10-17(13-16)21(20)23(28)30;/h5-10,15-17,20-21H,4,11-14H2,1-3H3,(H2,25,26,27);1H. The van der Waals surface area contributed by atoms with Gasteiger partial charge in [-0.15, -0.1) is 24.0 Å². The number of halogens is 1. The Bertz CT molecular complexity index is 873. The van der Waals surface area contributed by atoms with E-state index in [0.717, 1.165) is 24.3 Å². The van der Waals surface area contributed by atoms with Gasteiger partial charge >= 0.3 is 0 Å². The molecule has 7 nitrogen and oxygen atoms in total. The smallest absolute Gasteiger partial charge is 0.233 e. The van der Waals surface area contributed by atoms with Gasteiger partial charge in [-0.05, 0) is 36.8 Å². The molecule has 5 atom stereocenters. The summed E-state index contributed by atoms with van der Waals surface area (Å²) in [5.41, 5.74) is 1.12. The summed E-state index contributed by atoms with van der Waals surface area (Å²) < 4.78 is 5.46. The summed E-state index contributed by atoms with van der Waals surface area (Å²) in [7, 11) is 1.68. The number of imide groups is 1. The van der Waals surface area contributed by atoms with Gasteiger partial charge in [0.15, 0.2) is 5.96 Å². The van der Waals surface area contributed by atoms with Crippen LogP contribution in [0.2, 0.25) is 0 Å². The third-order valence-electron chi connectivity index (χ3n) is 6.73. The van der Waals surface area contributed by atoms with Crippen LogP contribution in [0.5, 0.6) is 5.75 Å². The average Bonchev–Trinajstić information content (AvgIpc) is 3.47. The van der Waals surface area contributed by atoms with Crippen molar-refractivity contribution in [3.63, 3.8) is 0 Å². The Balaban J connectivity index is 0.00000289. The average molecular weight is 552 g/mol. The number of likely N-dealkylation sites (tertiary alicyclic amines) is 1. The van der Waals surface area contributed by atoms with Crippen LogP contribution in [0.3, 0.4) is 0 Å². The Morgan fingerprint density at radius 2 is 1.81 bits per heavy atom. The van der Waals surface area contributed by atoms with Crippen molar-refractivity contribution in [1.29, 1.82) is 0 Å². The molecule has 0 radical (unpaired) electrons. The van der Waals surface area contributed by atoms with E-state index < -0.39 is 0 Å². The van der Waals surface area contributed by atoms with Gasteiger partial charge in [0.1, 0.15) is 5.75 Å². The SMILES string of the molecule is CCNC(=NCC(C)c1ccccc1OC)NCCN1C(=O)C2C3C=CC(C3)C2C1=O.I. The molecular formula is C24H33IN4O3. The zero-order chi connectivity index (χ0) is 22.0. The van der Waals surface area contributed by atoms with Crippen LogP contribution in [0.1, 0.15) is 31.7 Å². The highest BCUT2D eigenvalue weighted by molar-refractivity contribution is 14.0. The number of hydrogen-bond donors (Lipinski definition) is 2. The van der Waals surface area contributed by atoms with E-state index in [9.17, 15) is 9.59 Å². The number of aliphatic imine (C=N–C) groups is 1. The summed E-state index contributed by atoms with van der Waals surface area (Å²) in [6.45, 7) is 6.31. The normalized spacial score (nSPS) is 26.7. The molecule has 1 heterocycles. The minimum Gasteiger partial charge on any atom is -0.496 e. The number of fused-ring (bicyclic) bond motifs is 5. The van der Waals surface area contributed by atoms with Gasteiger partial charge in [-0.2, -0.15) is 0 Å². The largest absolute Gasteiger partial charge is 0.496 e. The number of allylic oxidation sites excluding steroid dienone is 2.